The highest BCUT2D eigenvalue weighted by atomic mass is 15.2. The first-order chi connectivity index (χ1) is 12.2. The first-order valence-corrected chi connectivity index (χ1v) is 8.75. The standard InChI is InChI=1S/C18H23N7/c1-13-8-14(2)25-16(10-21-18(25)23-13)9-20-15-4-3-7-24(11-15)17-5-6-19-12-22-17/h5-6,8,10,12,15,20H,3-4,7,9,11H2,1-2H3. The zero-order valence-corrected chi connectivity index (χ0v) is 14.7. The number of anilines is 1. The lowest BCUT2D eigenvalue weighted by molar-refractivity contribution is 0.417. The number of rotatable bonds is 4. The Morgan fingerprint density at radius 2 is 2.20 bits per heavy atom. The van der Waals surface area contributed by atoms with Gasteiger partial charge in [0.05, 0.1) is 11.9 Å². The monoisotopic (exact) mass is 337 g/mol. The van der Waals surface area contributed by atoms with Crippen molar-refractivity contribution in [2.75, 3.05) is 18.0 Å². The molecule has 0 saturated carbocycles. The highest BCUT2D eigenvalue weighted by molar-refractivity contribution is 5.38. The number of aryl methyl sites for hydroxylation is 2. The van der Waals surface area contributed by atoms with Crippen molar-refractivity contribution in [2.45, 2.75) is 39.3 Å². The van der Waals surface area contributed by atoms with Crippen molar-refractivity contribution in [1.82, 2.24) is 29.7 Å². The van der Waals surface area contributed by atoms with E-state index in [9.17, 15) is 0 Å². The van der Waals surface area contributed by atoms with Crippen LogP contribution in [0.25, 0.3) is 5.78 Å². The predicted molar refractivity (Wildman–Crippen MR) is 96.6 cm³/mol. The summed E-state index contributed by atoms with van der Waals surface area (Å²) in [5.41, 5.74) is 3.32. The molecule has 0 aromatic carbocycles. The summed E-state index contributed by atoms with van der Waals surface area (Å²) in [5, 5.41) is 3.68. The van der Waals surface area contributed by atoms with E-state index >= 15 is 0 Å². The minimum atomic E-state index is 0.438. The average molecular weight is 337 g/mol. The van der Waals surface area contributed by atoms with Gasteiger partial charge < -0.3 is 10.2 Å². The van der Waals surface area contributed by atoms with Crippen molar-refractivity contribution in [3.63, 3.8) is 0 Å². The van der Waals surface area contributed by atoms with Gasteiger partial charge >= 0.3 is 0 Å². The quantitative estimate of drug-likeness (QED) is 0.784. The van der Waals surface area contributed by atoms with E-state index in [0.717, 1.165) is 49.0 Å². The highest BCUT2D eigenvalue weighted by Gasteiger charge is 2.21. The number of aromatic nitrogens is 5. The second-order valence-electron chi connectivity index (χ2n) is 6.66. The molecule has 4 heterocycles. The lowest BCUT2D eigenvalue weighted by atomic mass is 10.1. The Kier molecular flexibility index (Phi) is 4.31. The third-order valence-electron chi connectivity index (χ3n) is 4.75. The first-order valence-electron chi connectivity index (χ1n) is 8.75. The van der Waals surface area contributed by atoms with Crippen LogP contribution in [0, 0.1) is 13.8 Å². The molecule has 1 atom stereocenters. The molecule has 25 heavy (non-hydrogen) atoms. The molecule has 0 bridgehead atoms. The molecule has 0 radical (unpaired) electrons. The number of nitrogens with zero attached hydrogens (tertiary/aromatic N) is 6. The van der Waals surface area contributed by atoms with Crippen molar-refractivity contribution < 1.29 is 0 Å². The van der Waals surface area contributed by atoms with Crippen LogP contribution in [0.5, 0.6) is 0 Å². The zero-order valence-electron chi connectivity index (χ0n) is 14.7. The molecule has 7 heteroatoms. The van der Waals surface area contributed by atoms with Gasteiger partial charge in [0.2, 0.25) is 5.78 Å². The topological polar surface area (TPSA) is 71.2 Å². The molecule has 1 unspecified atom stereocenters. The van der Waals surface area contributed by atoms with Gasteiger partial charge in [-0.2, -0.15) is 0 Å². The van der Waals surface area contributed by atoms with E-state index in [-0.39, 0.29) is 0 Å². The van der Waals surface area contributed by atoms with Crippen LogP contribution >= 0.6 is 0 Å². The van der Waals surface area contributed by atoms with Gasteiger partial charge in [0.25, 0.3) is 0 Å². The molecule has 1 fully saturated rings. The second kappa shape index (κ2) is 6.76. The third kappa shape index (κ3) is 3.32. The third-order valence-corrected chi connectivity index (χ3v) is 4.75. The van der Waals surface area contributed by atoms with E-state index in [4.69, 9.17) is 0 Å². The number of piperidine rings is 1. The van der Waals surface area contributed by atoms with Gasteiger partial charge in [0.1, 0.15) is 12.1 Å². The lowest BCUT2D eigenvalue weighted by Crippen LogP contribution is -2.45. The minimum absolute atomic E-state index is 0.438. The van der Waals surface area contributed by atoms with Gasteiger partial charge in [-0.1, -0.05) is 0 Å². The Hall–Kier alpha value is -2.54. The molecule has 3 aromatic rings. The SMILES string of the molecule is Cc1cc(C)n2c(CNC3CCCN(c4ccncn4)C3)cnc2n1. The molecule has 130 valence electrons. The minimum Gasteiger partial charge on any atom is -0.355 e. The molecule has 0 amide bonds. The fourth-order valence-corrected chi connectivity index (χ4v) is 3.59. The van der Waals surface area contributed by atoms with E-state index in [2.05, 4.69) is 47.5 Å². The molecular weight excluding hydrogens is 314 g/mol. The van der Waals surface area contributed by atoms with E-state index < -0.39 is 0 Å². The summed E-state index contributed by atoms with van der Waals surface area (Å²) in [7, 11) is 0. The zero-order chi connectivity index (χ0) is 17.2. The van der Waals surface area contributed by atoms with Crippen LogP contribution in [0.2, 0.25) is 0 Å². The summed E-state index contributed by atoms with van der Waals surface area (Å²) >= 11 is 0. The van der Waals surface area contributed by atoms with Crippen molar-refractivity contribution in [2.24, 2.45) is 0 Å². The van der Waals surface area contributed by atoms with Crippen LogP contribution < -0.4 is 10.2 Å². The van der Waals surface area contributed by atoms with Crippen molar-refractivity contribution in [1.29, 1.82) is 0 Å². The molecule has 1 aliphatic heterocycles. The fraction of sp³-hybridized carbons (Fsp3) is 0.444. The molecule has 4 rings (SSSR count). The van der Waals surface area contributed by atoms with Gasteiger partial charge in [0.15, 0.2) is 0 Å². The summed E-state index contributed by atoms with van der Waals surface area (Å²) < 4.78 is 2.13. The molecular formula is C18H23N7. The molecule has 1 aliphatic rings. The van der Waals surface area contributed by atoms with Gasteiger partial charge in [-0.3, -0.25) is 4.40 Å². The largest absolute Gasteiger partial charge is 0.355 e. The van der Waals surface area contributed by atoms with Gasteiger partial charge in [0, 0.05) is 43.3 Å². The fourth-order valence-electron chi connectivity index (χ4n) is 3.59. The smallest absolute Gasteiger partial charge is 0.234 e. The number of fused-ring (bicyclic) bond motifs is 1. The van der Waals surface area contributed by atoms with E-state index in [1.807, 2.05) is 19.2 Å². The van der Waals surface area contributed by atoms with Crippen molar-refractivity contribution in [3.05, 3.63) is 47.9 Å². The Morgan fingerprint density at radius 1 is 1.28 bits per heavy atom. The maximum absolute atomic E-state index is 4.51. The number of hydrogen-bond donors (Lipinski definition) is 1. The Morgan fingerprint density at radius 3 is 3.04 bits per heavy atom. The van der Waals surface area contributed by atoms with Crippen LogP contribution in [0.3, 0.4) is 0 Å². The Bertz CT molecular complexity index is 858. The number of hydrogen-bond acceptors (Lipinski definition) is 6. The summed E-state index contributed by atoms with van der Waals surface area (Å²) in [4.78, 5) is 19.7. The Balaban J connectivity index is 1.45. The van der Waals surface area contributed by atoms with E-state index in [1.165, 1.54) is 12.1 Å². The van der Waals surface area contributed by atoms with Crippen LogP contribution in [0.4, 0.5) is 5.82 Å². The van der Waals surface area contributed by atoms with Crippen molar-refractivity contribution >= 4 is 11.6 Å². The molecule has 7 nitrogen and oxygen atoms in total. The van der Waals surface area contributed by atoms with Crippen LogP contribution in [0.1, 0.15) is 29.9 Å². The van der Waals surface area contributed by atoms with E-state index in [0.29, 0.717) is 6.04 Å². The number of imidazole rings is 1. The van der Waals surface area contributed by atoms with Crippen molar-refractivity contribution in [3.8, 4) is 0 Å². The van der Waals surface area contributed by atoms with Gasteiger partial charge in [-0.15, -0.1) is 0 Å². The van der Waals surface area contributed by atoms with Crippen LogP contribution in [-0.4, -0.2) is 43.5 Å². The average Bonchev–Trinajstić information content (AvgIpc) is 3.04. The molecule has 1 N–H and O–H groups in total. The summed E-state index contributed by atoms with van der Waals surface area (Å²) in [6.07, 6.45) is 7.67. The van der Waals surface area contributed by atoms with E-state index in [1.54, 1.807) is 12.5 Å². The number of nitrogens with one attached hydrogen (secondary N) is 1. The normalized spacial score (nSPS) is 18.0. The molecule has 0 aliphatic carbocycles. The summed E-state index contributed by atoms with van der Waals surface area (Å²) in [6, 6.07) is 4.51. The van der Waals surface area contributed by atoms with Gasteiger partial charge in [-0.05, 0) is 38.8 Å². The first kappa shape index (κ1) is 16.0. The lowest BCUT2D eigenvalue weighted by Gasteiger charge is -2.34. The maximum Gasteiger partial charge on any atom is 0.234 e. The molecule has 0 spiro atoms. The maximum atomic E-state index is 4.51. The summed E-state index contributed by atoms with van der Waals surface area (Å²) in [6.45, 7) is 6.90. The highest BCUT2D eigenvalue weighted by Crippen LogP contribution is 2.17. The molecule has 3 aromatic heterocycles. The molecule has 1 saturated heterocycles. The summed E-state index contributed by atoms with van der Waals surface area (Å²) in [5.74, 6) is 1.78. The van der Waals surface area contributed by atoms with Crippen LogP contribution in [-0.2, 0) is 6.54 Å². The van der Waals surface area contributed by atoms with Crippen LogP contribution in [0.15, 0.2) is 30.9 Å². The van der Waals surface area contributed by atoms with Gasteiger partial charge in [-0.25, -0.2) is 19.9 Å². The second-order valence-corrected chi connectivity index (χ2v) is 6.66. The predicted octanol–water partition coefficient (Wildman–Crippen LogP) is 1.89. The Labute approximate surface area is 147 Å².